The smallest absolute Gasteiger partial charge is 0.256 e. The number of aromatic amines is 1. The lowest BCUT2D eigenvalue weighted by atomic mass is 10.2. The summed E-state index contributed by atoms with van der Waals surface area (Å²) in [5.41, 5.74) is 3.57. The van der Waals surface area contributed by atoms with Crippen LogP contribution in [0.5, 0.6) is 0 Å². The summed E-state index contributed by atoms with van der Waals surface area (Å²) < 4.78 is 0. The SMILES string of the molecule is O=C1c2cccnc2CN1Cc1cn[nH]c1-c1cccs1. The Morgan fingerprint density at radius 1 is 1.33 bits per heavy atom. The molecule has 0 fully saturated rings. The molecule has 0 unspecified atom stereocenters. The van der Waals surface area contributed by atoms with E-state index in [1.807, 2.05) is 23.6 Å². The van der Waals surface area contributed by atoms with Gasteiger partial charge in [-0.3, -0.25) is 14.9 Å². The Balaban J connectivity index is 1.62. The summed E-state index contributed by atoms with van der Waals surface area (Å²) >= 11 is 1.65. The molecular weight excluding hydrogens is 284 g/mol. The molecule has 21 heavy (non-hydrogen) atoms. The summed E-state index contributed by atoms with van der Waals surface area (Å²) in [4.78, 5) is 19.6. The predicted octanol–water partition coefficient (Wildman–Crippen LogP) is 2.69. The number of carbonyl (C=O) groups is 1. The third-order valence-corrected chi connectivity index (χ3v) is 4.48. The monoisotopic (exact) mass is 296 g/mol. The van der Waals surface area contributed by atoms with Gasteiger partial charge in [-0.1, -0.05) is 6.07 Å². The number of carbonyl (C=O) groups excluding carboxylic acids is 1. The summed E-state index contributed by atoms with van der Waals surface area (Å²) in [6.07, 6.45) is 3.52. The Bertz CT molecular complexity index is 794. The van der Waals surface area contributed by atoms with Crippen LogP contribution in [0.15, 0.2) is 42.0 Å². The molecule has 0 saturated heterocycles. The highest BCUT2D eigenvalue weighted by molar-refractivity contribution is 7.13. The number of thiophene rings is 1. The lowest BCUT2D eigenvalue weighted by molar-refractivity contribution is 0.0766. The van der Waals surface area contributed by atoms with Gasteiger partial charge in [-0.25, -0.2) is 0 Å². The van der Waals surface area contributed by atoms with Crippen LogP contribution in [0.1, 0.15) is 21.6 Å². The normalized spacial score (nSPS) is 13.7. The fraction of sp³-hybridized carbons (Fsp3) is 0.133. The minimum Gasteiger partial charge on any atom is -0.328 e. The standard InChI is InChI=1S/C15H12N4OS/c20-15-11-3-1-5-16-12(11)9-19(15)8-10-7-17-18-14(10)13-4-2-6-21-13/h1-7H,8-9H2,(H,17,18). The number of hydrogen-bond acceptors (Lipinski definition) is 4. The van der Waals surface area contributed by atoms with Crippen LogP contribution in [-0.2, 0) is 13.1 Å². The van der Waals surface area contributed by atoms with Gasteiger partial charge in [-0.15, -0.1) is 11.3 Å². The van der Waals surface area contributed by atoms with Crippen molar-refractivity contribution in [3.05, 3.63) is 58.9 Å². The predicted molar refractivity (Wildman–Crippen MR) is 79.7 cm³/mol. The van der Waals surface area contributed by atoms with Gasteiger partial charge in [-0.2, -0.15) is 5.10 Å². The molecule has 3 aromatic heterocycles. The van der Waals surface area contributed by atoms with Crippen molar-refractivity contribution in [1.29, 1.82) is 0 Å². The zero-order chi connectivity index (χ0) is 14.2. The maximum absolute atomic E-state index is 12.4. The number of H-pyrrole nitrogens is 1. The number of nitrogens with zero attached hydrogens (tertiary/aromatic N) is 3. The molecule has 0 aromatic carbocycles. The number of rotatable bonds is 3. The van der Waals surface area contributed by atoms with Gasteiger partial charge in [0, 0.05) is 11.8 Å². The van der Waals surface area contributed by atoms with E-state index in [1.54, 1.807) is 34.7 Å². The fourth-order valence-electron chi connectivity index (χ4n) is 2.58. The first-order chi connectivity index (χ1) is 10.3. The number of nitrogens with one attached hydrogen (secondary N) is 1. The molecule has 0 bridgehead atoms. The highest BCUT2D eigenvalue weighted by atomic mass is 32.1. The molecule has 0 aliphatic carbocycles. The molecule has 1 aliphatic rings. The summed E-state index contributed by atoms with van der Waals surface area (Å²) in [5.74, 6) is 0.0384. The molecule has 0 radical (unpaired) electrons. The lowest BCUT2D eigenvalue weighted by Gasteiger charge is -2.14. The van der Waals surface area contributed by atoms with Gasteiger partial charge in [0.1, 0.15) is 0 Å². The van der Waals surface area contributed by atoms with Crippen molar-refractivity contribution in [3.63, 3.8) is 0 Å². The Morgan fingerprint density at radius 3 is 3.10 bits per heavy atom. The number of pyridine rings is 1. The van der Waals surface area contributed by atoms with E-state index in [1.165, 1.54) is 0 Å². The number of fused-ring (bicyclic) bond motifs is 1. The van der Waals surface area contributed by atoms with E-state index in [0.29, 0.717) is 18.7 Å². The van der Waals surface area contributed by atoms with Gasteiger partial charge in [0.15, 0.2) is 0 Å². The fourth-order valence-corrected chi connectivity index (χ4v) is 3.34. The van der Waals surface area contributed by atoms with Crippen molar-refractivity contribution in [2.75, 3.05) is 0 Å². The van der Waals surface area contributed by atoms with Crippen LogP contribution in [0.4, 0.5) is 0 Å². The molecule has 0 atom stereocenters. The zero-order valence-corrected chi connectivity index (χ0v) is 11.9. The average Bonchev–Trinajstić information content (AvgIpc) is 3.21. The maximum atomic E-state index is 12.4. The van der Waals surface area contributed by atoms with E-state index in [2.05, 4.69) is 15.2 Å². The Morgan fingerprint density at radius 2 is 2.29 bits per heavy atom. The van der Waals surface area contributed by atoms with E-state index < -0.39 is 0 Å². The van der Waals surface area contributed by atoms with E-state index in [4.69, 9.17) is 0 Å². The van der Waals surface area contributed by atoms with E-state index >= 15 is 0 Å². The van der Waals surface area contributed by atoms with E-state index in [9.17, 15) is 4.79 Å². The van der Waals surface area contributed by atoms with Gasteiger partial charge in [0.25, 0.3) is 5.91 Å². The molecule has 3 aromatic rings. The summed E-state index contributed by atoms with van der Waals surface area (Å²) in [5, 5.41) is 9.18. The second-order valence-corrected chi connectivity index (χ2v) is 5.85. The van der Waals surface area contributed by atoms with Crippen LogP contribution in [0.25, 0.3) is 10.6 Å². The molecule has 4 heterocycles. The van der Waals surface area contributed by atoms with Crippen molar-refractivity contribution >= 4 is 17.2 Å². The first-order valence-corrected chi connectivity index (χ1v) is 7.50. The van der Waals surface area contributed by atoms with Gasteiger partial charge in [0.2, 0.25) is 0 Å². The van der Waals surface area contributed by atoms with E-state index in [0.717, 1.165) is 21.8 Å². The lowest BCUT2D eigenvalue weighted by Crippen LogP contribution is -2.23. The van der Waals surface area contributed by atoms with Crippen LogP contribution in [0.3, 0.4) is 0 Å². The Hall–Kier alpha value is -2.47. The van der Waals surface area contributed by atoms with Crippen molar-refractivity contribution in [3.8, 4) is 10.6 Å². The van der Waals surface area contributed by atoms with Gasteiger partial charge in [0.05, 0.1) is 41.1 Å². The molecular formula is C15H12N4OS. The third-order valence-electron chi connectivity index (χ3n) is 3.60. The molecule has 1 amide bonds. The van der Waals surface area contributed by atoms with Crippen LogP contribution in [-0.4, -0.2) is 26.0 Å². The first kappa shape index (κ1) is 12.3. The van der Waals surface area contributed by atoms with Crippen LogP contribution >= 0.6 is 11.3 Å². The van der Waals surface area contributed by atoms with Gasteiger partial charge < -0.3 is 4.90 Å². The molecule has 1 N–H and O–H groups in total. The summed E-state index contributed by atoms with van der Waals surface area (Å²) in [7, 11) is 0. The average molecular weight is 296 g/mol. The van der Waals surface area contributed by atoms with E-state index in [-0.39, 0.29) is 5.91 Å². The van der Waals surface area contributed by atoms with Gasteiger partial charge in [-0.05, 0) is 23.6 Å². The number of aromatic nitrogens is 3. The second-order valence-electron chi connectivity index (χ2n) is 4.91. The molecule has 1 aliphatic heterocycles. The van der Waals surface area contributed by atoms with Crippen LogP contribution < -0.4 is 0 Å². The molecule has 0 saturated carbocycles. The van der Waals surface area contributed by atoms with Gasteiger partial charge >= 0.3 is 0 Å². The van der Waals surface area contributed by atoms with Crippen molar-refractivity contribution in [2.24, 2.45) is 0 Å². The Kier molecular flexibility index (Phi) is 2.82. The first-order valence-electron chi connectivity index (χ1n) is 6.62. The van der Waals surface area contributed by atoms with Crippen molar-refractivity contribution in [1.82, 2.24) is 20.1 Å². The highest BCUT2D eigenvalue weighted by Crippen LogP contribution is 2.29. The minimum absolute atomic E-state index is 0.0384. The number of amides is 1. The largest absolute Gasteiger partial charge is 0.328 e. The maximum Gasteiger partial charge on any atom is 0.256 e. The summed E-state index contributed by atoms with van der Waals surface area (Å²) in [6, 6.07) is 7.69. The molecule has 6 heteroatoms. The zero-order valence-electron chi connectivity index (χ0n) is 11.1. The topological polar surface area (TPSA) is 61.9 Å². The Labute approximate surface area is 125 Å². The van der Waals surface area contributed by atoms with Crippen molar-refractivity contribution < 1.29 is 4.79 Å². The highest BCUT2D eigenvalue weighted by Gasteiger charge is 2.28. The quantitative estimate of drug-likeness (QED) is 0.808. The van der Waals surface area contributed by atoms with Crippen molar-refractivity contribution in [2.45, 2.75) is 13.1 Å². The molecule has 104 valence electrons. The molecule has 4 rings (SSSR count). The van der Waals surface area contributed by atoms with Crippen LogP contribution in [0, 0.1) is 0 Å². The van der Waals surface area contributed by atoms with Crippen LogP contribution in [0.2, 0.25) is 0 Å². The number of hydrogen-bond donors (Lipinski definition) is 1. The minimum atomic E-state index is 0.0384. The molecule has 5 nitrogen and oxygen atoms in total. The third kappa shape index (κ3) is 2.04. The summed E-state index contributed by atoms with van der Waals surface area (Å²) in [6.45, 7) is 1.10. The molecule has 0 spiro atoms. The second kappa shape index (κ2) is 4.82.